The van der Waals surface area contributed by atoms with E-state index in [1.807, 2.05) is 39.0 Å². The Balaban J connectivity index is 2.41. The molecule has 1 aliphatic heterocycles. The van der Waals surface area contributed by atoms with Gasteiger partial charge in [-0.05, 0) is 37.0 Å². The number of carbonyl (C=O) groups is 2. The summed E-state index contributed by atoms with van der Waals surface area (Å²) in [6.07, 6.45) is 3.20. The molecule has 0 radical (unpaired) electrons. The van der Waals surface area contributed by atoms with E-state index in [0.717, 1.165) is 24.8 Å². The van der Waals surface area contributed by atoms with E-state index in [2.05, 4.69) is 17.6 Å². The molecule has 2 N–H and O–H groups in total. The molecule has 0 aromatic heterocycles. The van der Waals surface area contributed by atoms with Crippen molar-refractivity contribution in [3.8, 4) is 11.5 Å². The normalized spacial score (nSPS) is 16.3. The maximum atomic E-state index is 12.5. The second-order valence-corrected chi connectivity index (χ2v) is 7.20. The van der Waals surface area contributed by atoms with Crippen LogP contribution >= 0.6 is 0 Å². The number of hydrogen-bond acceptors (Lipinski definition) is 5. The Labute approximate surface area is 172 Å². The van der Waals surface area contributed by atoms with Crippen LogP contribution in [-0.2, 0) is 9.53 Å². The number of esters is 1. The van der Waals surface area contributed by atoms with Crippen LogP contribution in [0, 0.1) is 5.92 Å². The zero-order chi connectivity index (χ0) is 21.4. The molecule has 0 saturated heterocycles. The van der Waals surface area contributed by atoms with Crippen LogP contribution in [0.3, 0.4) is 0 Å². The van der Waals surface area contributed by atoms with Gasteiger partial charge in [0.15, 0.2) is 11.5 Å². The Kier molecular flexibility index (Phi) is 8.36. The Morgan fingerprint density at radius 1 is 1.14 bits per heavy atom. The van der Waals surface area contributed by atoms with Gasteiger partial charge in [0.05, 0.1) is 31.9 Å². The quantitative estimate of drug-likeness (QED) is 0.453. The molecule has 1 atom stereocenters. The summed E-state index contributed by atoms with van der Waals surface area (Å²) in [4.78, 5) is 24.8. The van der Waals surface area contributed by atoms with Crippen molar-refractivity contribution in [1.29, 1.82) is 0 Å². The van der Waals surface area contributed by atoms with E-state index < -0.39 is 12.0 Å². The smallest absolute Gasteiger partial charge is 0.337 e. The van der Waals surface area contributed by atoms with E-state index in [4.69, 9.17) is 14.2 Å². The number of nitrogens with one attached hydrogen (secondary N) is 2. The number of hydrogen-bond donors (Lipinski definition) is 2. The number of methoxy groups -OCH3 is 1. The van der Waals surface area contributed by atoms with Gasteiger partial charge in [-0.1, -0.05) is 39.7 Å². The molecule has 7 nitrogen and oxygen atoms in total. The summed E-state index contributed by atoms with van der Waals surface area (Å²) >= 11 is 0. The van der Waals surface area contributed by atoms with Crippen LogP contribution in [0.15, 0.2) is 29.5 Å². The lowest BCUT2D eigenvalue weighted by Gasteiger charge is -2.31. The fourth-order valence-corrected chi connectivity index (χ4v) is 3.25. The standard InChI is InChI=1S/C22H32N2O5/c1-6-8-9-12-29-16-11-10-15(13-17(16)28-7-2)20-18(21(25)27-5)19(14(3)4)23-22(26)24-20/h10-11,13-14,20H,6-9,12H2,1-5H3,(H2,23,24,26). The minimum absolute atomic E-state index is 0.0508. The third-order valence-electron chi connectivity index (χ3n) is 4.69. The van der Waals surface area contributed by atoms with Gasteiger partial charge in [0.2, 0.25) is 0 Å². The first-order valence-electron chi connectivity index (χ1n) is 10.2. The average molecular weight is 405 g/mol. The zero-order valence-electron chi connectivity index (χ0n) is 18.0. The SMILES string of the molecule is CCCCCOc1ccc(C2NC(=O)NC(C(C)C)=C2C(=O)OC)cc1OCC. The van der Waals surface area contributed by atoms with Crippen LogP contribution in [0.25, 0.3) is 0 Å². The molecule has 1 unspecified atom stereocenters. The van der Waals surface area contributed by atoms with E-state index in [1.165, 1.54) is 7.11 Å². The first-order valence-corrected chi connectivity index (χ1v) is 10.2. The molecule has 1 heterocycles. The van der Waals surface area contributed by atoms with Crippen LogP contribution in [0.1, 0.15) is 58.6 Å². The van der Waals surface area contributed by atoms with E-state index in [1.54, 1.807) is 0 Å². The number of urea groups is 1. The Morgan fingerprint density at radius 3 is 2.52 bits per heavy atom. The lowest BCUT2D eigenvalue weighted by molar-refractivity contribution is -0.136. The lowest BCUT2D eigenvalue weighted by Crippen LogP contribution is -2.47. The van der Waals surface area contributed by atoms with Crippen molar-refractivity contribution in [1.82, 2.24) is 10.6 Å². The van der Waals surface area contributed by atoms with Crippen molar-refractivity contribution in [2.45, 2.75) is 53.0 Å². The Morgan fingerprint density at radius 2 is 1.90 bits per heavy atom. The van der Waals surface area contributed by atoms with Crippen LogP contribution in [0.4, 0.5) is 4.79 Å². The number of unbranched alkanes of at least 4 members (excludes halogenated alkanes) is 2. The average Bonchev–Trinajstić information content (AvgIpc) is 2.71. The summed E-state index contributed by atoms with van der Waals surface area (Å²) < 4.78 is 16.6. The predicted molar refractivity (Wildman–Crippen MR) is 111 cm³/mol. The molecule has 0 spiro atoms. The summed E-state index contributed by atoms with van der Waals surface area (Å²) in [6, 6.07) is 4.49. The summed E-state index contributed by atoms with van der Waals surface area (Å²) in [7, 11) is 1.33. The number of carbonyl (C=O) groups excluding carboxylic acids is 2. The Hall–Kier alpha value is -2.70. The fourth-order valence-electron chi connectivity index (χ4n) is 3.25. The van der Waals surface area contributed by atoms with Gasteiger partial charge in [-0.3, -0.25) is 0 Å². The van der Waals surface area contributed by atoms with Gasteiger partial charge in [-0.15, -0.1) is 0 Å². The number of amides is 2. The third-order valence-corrected chi connectivity index (χ3v) is 4.69. The van der Waals surface area contributed by atoms with Crippen molar-refractivity contribution in [3.63, 3.8) is 0 Å². The molecule has 7 heteroatoms. The van der Waals surface area contributed by atoms with Gasteiger partial charge >= 0.3 is 12.0 Å². The molecule has 0 bridgehead atoms. The summed E-state index contributed by atoms with van der Waals surface area (Å²) in [5, 5.41) is 5.57. The number of allylic oxidation sites excluding steroid dienone is 1. The third kappa shape index (κ3) is 5.65. The van der Waals surface area contributed by atoms with Gasteiger partial charge in [0.1, 0.15) is 0 Å². The summed E-state index contributed by atoms with van der Waals surface area (Å²) in [5.74, 6) is 0.707. The van der Waals surface area contributed by atoms with Crippen molar-refractivity contribution >= 4 is 12.0 Å². The van der Waals surface area contributed by atoms with Crippen LogP contribution in [-0.4, -0.2) is 32.3 Å². The second-order valence-electron chi connectivity index (χ2n) is 7.20. The van der Waals surface area contributed by atoms with Crippen molar-refractivity contribution < 1.29 is 23.8 Å². The Bertz CT molecular complexity index is 758. The van der Waals surface area contributed by atoms with E-state index in [-0.39, 0.29) is 11.9 Å². The minimum Gasteiger partial charge on any atom is -0.490 e. The van der Waals surface area contributed by atoms with Gasteiger partial charge in [-0.25, -0.2) is 9.59 Å². The fraction of sp³-hybridized carbons (Fsp3) is 0.545. The summed E-state index contributed by atoms with van der Waals surface area (Å²) in [6.45, 7) is 8.97. The molecule has 160 valence electrons. The van der Waals surface area contributed by atoms with Crippen molar-refractivity contribution in [3.05, 3.63) is 35.0 Å². The highest BCUT2D eigenvalue weighted by Crippen LogP contribution is 2.36. The molecular weight excluding hydrogens is 372 g/mol. The van der Waals surface area contributed by atoms with Crippen LogP contribution < -0.4 is 20.1 Å². The first-order chi connectivity index (χ1) is 13.9. The monoisotopic (exact) mass is 404 g/mol. The topological polar surface area (TPSA) is 85.9 Å². The minimum atomic E-state index is -0.637. The molecule has 0 fully saturated rings. The number of benzene rings is 1. The second kappa shape index (κ2) is 10.7. The van der Waals surface area contributed by atoms with Crippen LogP contribution in [0.2, 0.25) is 0 Å². The van der Waals surface area contributed by atoms with E-state index in [9.17, 15) is 9.59 Å². The van der Waals surface area contributed by atoms with Gasteiger partial charge in [0, 0.05) is 5.70 Å². The van der Waals surface area contributed by atoms with Crippen molar-refractivity contribution in [2.24, 2.45) is 5.92 Å². The maximum absolute atomic E-state index is 12.5. The molecule has 1 aromatic carbocycles. The molecule has 0 saturated carbocycles. The van der Waals surface area contributed by atoms with E-state index >= 15 is 0 Å². The van der Waals surface area contributed by atoms with Gasteiger partial charge in [0.25, 0.3) is 0 Å². The zero-order valence-corrected chi connectivity index (χ0v) is 18.0. The molecule has 1 aromatic rings. The molecule has 29 heavy (non-hydrogen) atoms. The highest BCUT2D eigenvalue weighted by molar-refractivity contribution is 5.95. The van der Waals surface area contributed by atoms with Crippen molar-refractivity contribution in [2.75, 3.05) is 20.3 Å². The molecule has 1 aliphatic rings. The largest absolute Gasteiger partial charge is 0.490 e. The predicted octanol–water partition coefficient (Wildman–Crippen LogP) is 4.09. The lowest BCUT2D eigenvalue weighted by atomic mass is 9.91. The van der Waals surface area contributed by atoms with Gasteiger partial charge in [-0.2, -0.15) is 0 Å². The first kappa shape index (κ1) is 22.6. The molecule has 0 aliphatic carbocycles. The highest BCUT2D eigenvalue weighted by Gasteiger charge is 2.34. The number of rotatable bonds is 10. The molecule has 2 amide bonds. The molecular formula is C22H32N2O5. The maximum Gasteiger partial charge on any atom is 0.337 e. The van der Waals surface area contributed by atoms with E-state index in [0.29, 0.717) is 36.0 Å². The number of ether oxygens (including phenoxy) is 3. The van der Waals surface area contributed by atoms with Crippen LogP contribution in [0.5, 0.6) is 11.5 Å². The summed E-state index contributed by atoms with van der Waals surface area (Å²) in [5.41, 5.74) is 1.67. The highest BCUT2D eigenvalue weighted by atomic mass is 16.5. The molecule has 2 rings (SSSR count). The van der Waals surface area contributed by atoms with Gasteiger partial charge < -0.3 is 24.8 Å².